The first-order chi connectivity index (χ1) is 29.7. The Balaban J connectivity index is 0.000000289. The second-order valence-corrected chi connectivity index (χ2v) is 17.1. The smallest absolute Gasteiger partial charge is 0.173 e. The van der Waals surface area contributed by atoms with E-state index < -0.39 is 0 Å². The lowest BCUT2D eigenvalue weighted by Gasteiger charge is -2.38. The van der Waals surface area contributed by atoms with Gasteiger partial charge in [0.15, 0.2) is 5.78 Å². The zero-order valence-electron chi connectivity index (χ0n) is 41.1. The van der Waals surface area contributed by atoms with Crippen molar-refractivity contribution in [3.05, 3.63) is 84.4 Å². The Kier molecular flexibility index (Phi) is 23.4. The Bertz CT molecular complexity index is 1870. The number of aromatic hydroxyl groups is 2. The lowest BCUT2D eigenvalue weighted by molar-refractivity contribution is -0.131. The summed E-state index contributed by atoms with van der Waals surface area (Å²) in [4.78, 5) is 25.4. The van der Waals surface area contributed by atoms with Crippen molar-refractivity contribution in [3.8, 4) is 11.5 Å². The minimum Gasteiger partial charge on any atom is -0.507 e. The van der Waals surface area contributed by atoms with Gasteiger partial charge in [0.05, 0.1) is 5.56 Å². The average molecular weight is 837 g/mol. The van der Waals surface area contributed by atoms with Crippen LogP contribution in [0.2, 0.25) is 0 Å². The molecule has 2 N–H and O–H groups in total. The van der Waals surface area contributed by atoms with Gasteiger partial charge in [-0.1, -0.05) is 175 Å². The molecular weight excluding hydrogens is 749 g/mol. The Hall–Kier alpha value is -3.66. The quantitative estimate of drug-likeness (QED) is 0.202. The van der Waals surface area contributed by atoms with E-state index in [0.717, 1.165) is 51.6 Å². The lowest BCUT2D eigenvalue weighted by Crippen LogP contribution is -2.40. The summed E-state index contributed by atoms with van der Waals surface area (Å²) in [5.41, 5.74) is 0.578. The van der Waals surface area contributed by atoms with Gasteiger partial charge < -0.3 is 10.2 Å². The summed E-state index contributed by atoms with van der Waals surface area (Å²) in [5.74, 6) is 5.67. The fraction of sp³-hybridized carbons (Fsp3) is 0.614. The van der Waals surface area contributed by atoms with E-state index >= 15 is 0 Å². The van der Waals surface area contributed by atoms with E-state index in [1.165, 1.54) is 83.5 Å². The van der Waals surface area contributed by atoms with Crippen LogP contribution in [0.15, 0.2) is 78.9 Å². The molecule has 61 heavy (non-hydrogen) atoms. The van der Waals surface area contributed by atoms with E-state index in [1.54, 1.807) is 6.07 Å². The van der Waals surface area contributed by atoms with Crippen molar-refractivity contribution in [2.24, 2.45) is 46.3 Å². The van der Waals surface area contributed by atoms with Crippen LogP contribution < -0.4 is 0 Å². The van der Waals surface area contributed by atoms with Crippen LogP contribution in [0.4, 0.5) is 0 Å². The van der Waals surface area contributed by atoms with Gasteiger partial charge in [-0.3, -0.25) is 9.59 Å². The number of benzene rings is 4. The SMILES string of the molecule is CC.CC.CC.CC.CC(=O)C12CCCC1C1CCC2C1.CCC.CCC.O=C(c1ccc2ccccc2c1O)C12CCCC1C1CCC2C1.Oc1cccc2ccccc12. The summed E-state index contributed by atoms with van der Waals surface area (Å²) in [6.07, 6.45) is 17.7. The van der Waals surface area contributed by atoms with E-state index in [2.05, 4.69) is 27.7 Å². The van der Waals surface area contributed by atoms with Crippen LogP contribution in [0.25, 0.3) is 21.5 Å². The molecule has 4 nitrogen and oxygen atoms in total. The molecule has 8 atom stereocenters. The third kappa shape index (κ3) is 11.3. The summed E-state index contributed by atoms with van der Waals surface area (Å²) >= 11 is 0. The molecule has 8 unspecified atom stereocenters. The highest BCUT2D eigenvalue weighted by Crippen LogP contribution is 2.68. The zero-order valence-corrected chi connectivity index (χ0v) is 41.1. The van der Waals surface area contributed by atoms with Gasteiger partial charge in [-0.15, -0.1) is 0 Å². The van der Waals surface area contributed by atoms with Gasteiger partial charge in [0.25, 0.3) is 0 Å². The van der Waals surface area contributed by atoms with Gasteiger partial charge in [-0.05, 0) is 130 Å². The highest BCUT2D eigenvalue weighted by molar-refractivity contribution is 6.08. The van der Waals surface area contributed by atoms with Crippen molar-refractivity contribution in [1.29, 1.82) is 0 Å². The summed E-state index contributed by atoms with van der Waals surface area (Å²) in [6.45, 7) is 26.3. The van der Waals surface area contributed by atoms with E-state index in [1.807, 2.05) is 135 Å². The molecule has 10 rings (SSSR count). The summed E-state index contributed by atoms with van der Waals surface area (Å²) in [6, 6.07) is 24.9. The lowest BCUT2D eigenvalue weighted by atomic mass is 9.64. The number of carbonyl (C=O) groups is 2. The van der Waals surface area contributed by atoms with Crippen LogP contribution in [0, 0.1) is 46.3 Å². The monoisotopic (exact) mass is 837 g/mol. The average Bonchev–Trinajstić information content (AvgIpc) is 4.17. The van der Waals surface area contributed by atoms with Gasteiger partial charge in [0.2, 0.25) is 0 Å². The summed E-state index contributed by atoms with van der Waals surface area (Å²) in [7, 11) is 0. The highest BCUT2D eigenvalue weighted by Gasteiger charge is 2.64. The molecule has 0 aliphatic heterocycles. The van der Waals surface area contributed by atoms with E-state index in [0.29, 0.717) is 28.9 Å². The zero-order chi connectivity index (χ0) is 45.8. The number of rotatable bonds is 3. The Morgan fingerprint density at radius 1 is 0.541 bits per heavy atom. The number of carbonyl (C=O) groups excluding carboxylic acids is 2. The van der Waals surface area contributed by atoms with E-state index in [9.17, 15) is 19.8 Å². The normalized spacial score (nSPS) is 27.2. The van der Waals surface area contributed by atoms with Crippen molar-refractivity contribution in [2.75, 3.05) is 0 Å². The van der Waals surface area contributed by atoms with Crippen molar-refractivity contribution >= 4 is 33.1 Å². The van der Waals surface area contributed by atoms with Crippen molar-refractivity contribution < 1.29 is 19.8 Å². The number of ketones is 2. The summed E-state index contributed by atoms with van der Waals surface area (Å²) in [5, 5.41) is 23.9. The number of phenols is 2. The molecule has 6 fully saturated rings. The number of phenolic OH excluding ortho intramolecular Hbond substituents is 2. The standard InChI is InChI=1S/C21H22O2.C12H18O.C10H8O.2C3H8.4C2H6/c22-19-16-5-2-1-4-13(16)8-10-17(19)20(23)21-11-3-6-18(21)14-7-9-15(21)12-14;1-8(13)12-6-2-3-11(12)9-4-5-10(12)7-9;11-10-7-3-5-8-4-1-2-6-9(8)10;2*1-3-2;4*1-2/h1-2,4-5,8,10,14-15,18,22H,3,6-7,9,11-12H2;9-11H,2-7H2,1H3;1-7,11H;2*3H2,1-2H3;4*1-2H3. The van der Waals surface area contributed by atoms with Crippen LogP contribution in [0.1, 0.15) is 190 Å². The first-order valence-electron chi connectivity index (χ1n) is 25.1. The summed E-state index contributed by atoms with van der Waals surface area (Å²) < 4.78 is 0. The Morgan fingerprint density at radius 2 is 0.967 bits per heavy atom. The van der Waals surface area contributed by atoms with Gasteiger partial charge in [0.1, 0.15) is 17.3 Å². The molecule has 4 aromatic rings. The third-order valence-corrected chi connectivity index (χ3v) is 14.1. The van der Waals surface area contributed by atoms with Crippen LogP contribution in [0.5, 0.6) is 11.5 Å². The first kappa shape index (κ1) is 53.5. The van der Waals surface area contributed by atoms with Crippen LogP contribution in [-0.4, -0.2) is 21.8 Å². The highest BCUT2D eigenvalue weighted by atomic mass is 16.3. The minimum atomic E-state index is -0.164. The van der Waals surface area contributed by atoms with Crippen molar-refractivity contribution in [1.82, 2.24) is 0 Å². The van der Waals surface area contributed by atoms with Crippen LogP contribution in [-0.2, 0) is 4.79 Å². The van der Waals surface area contributed by atoms with Crippen molar-refractivity contribution in [2.45, 2.75) is 180 Å². The van der Waals surface area contributed by atoms with Gasteiger partial charge in [-0.2, -0.15) is 0 Å². The molecule has 0 heterocycles. The maximum atomic E-state index is 13.5. The molecule has 0 radical (unpaired) electrons. The van der Waals surface area contributed by atoms with Crippen LogP contribution in [0.3, 0.4) is 0 Å². The number of fused-ring (bicyclic) bond motifs is 12. The number of hydrogen-bond acceptors (Lipinski definition) is 4. The predicted molar refractivity (Wildman–Crippen MR) is 265 cm³/mol. The van der Waals surface area contributed by atoms with Gasteiger partial charge in [0, 0.05) is 21.6 Å². The van der Waals surface area contributed by atoms with Crippen molar-refractivity contribution in [3.63, 3.8) is 0 Å². The minimum absolute atomic E-state index is 0.164. The largest absolute Gasteiger partial charge is 0.507 e. The molecule has 340 valence electrons. The molecule has 0 aromatic heterocycles. The molecule has 0 spiro atoms. The fourth-order valence-electron chi connectivity index (χ4n) is 12.2. The molecule has 4 bridgehead atoms. The second kappa shape index (κ2) is 26.7. The molecule has 6 aliphatic rings. The number of hydrogen-bond donors (Lipinski definition) is 2. The first-order valence-corrected chi connectivity index (χ1v) is 25.1. The Morgan fingerprint density at radius 3 is 1.46 bits per heavy atom. The van der Waals surface area contributed by atoms with Crippen LogP contribution >= 0.6 is 0 Å². The predicted octanol–water partition coefficient (Wildman–Crippen LogP) is 17.2. The molecule has 0 saturated heterocycles. The molecule has 6 aliphatic carbocycles. The second-order valence-electron chi connectivity index (χ2n) is 17.1. The maximum Gasteiger partial charge on any atom is 0.173 e. The van der Waals surface area contributed by atoms with Gasteiger partial charge >= 0.3 is 0 Å². The molecule has 4 heteroatoms. The van der Waals surface area contributed by atoms with E-state index in [4.69, 9.17) is 0 Å². The Labute approximate surface area is 373 Å². The molecular formula is C57H88O4. The maximum absolute atomic E-state index is 13.5. The fourth-order valence-corrected chi connectivity index (χ4v) is 12.2. The molecule has 0 amide bonds. The topological polar surface area (TPSA) is 74.6 Å². The molecule has 6 saturated carbocycles. The van der Waals surface area contributed by atoms with E-state index in [-0.39, 0.29) is 22.4 Å². The third-order valence-electron chi connectivity index (χ3n) is 14.1. The number of Topliss-reactive ketones (excluding diaryl/α,β-unsaturated/α-hetero) is 2. The molecule has 4 aromatic carbocycles. The van der Waals surface area contributed by atoms with Gasteiger partial charge in [-0.25, -0.2) is 0 Å².